The topological polar surface area (TPSA) is 135 Å². The van der Waals surface area contributed by atoms with Gasteiger partial charge >= 0.3 is 5.69 Å². The number of anilines is 1. The molecule has 32 heavy (non-hydrogen) atoms. The van der Waals surface area contributed by atoms with Crippen LogP contribution in [0.4, 0.5) is 5.13 Å². The summed E-state index contributed by atoms with van der Waals surface area (Å²) in [5, 5.41) is 7.95. The summed E-state index contributed by atoms with van der Waals surface area (Å²) < 4.78 is 6.95. The van der Waals surface area contributed by atoms with Gasteiger partial charge in [0.1, 0.15) is 5.75 Å². The summed E-state index contributed by atoms with van der Waals surface area (Å²) >= 11 is 1.29. The van der Waals surface area contributed by atoms with Crippen LogP contribution in [0.5, 0.6) is 5.75 Å². The van der Waals surface area contributed by atoms with Crippen LogP contribution in [-0.2, 0) is 16.1 Å². The van der Waals surface area contributed by atoms with Crippen molar-refractivity contribution < 1.29 is 14.3 Å². The van der Waals surface area contributed by atoms with E-state index in [-0.39, 0.29) is 30.8 Å². The fourth-order valence-corrected chi connectivity index (χ4v) is 4.17. The largest absolute Gasteiger partial charge is 0.493 e. The molecule has 0 saturated carbocycles. The van der Waals surface area contributed by atoms with Crippen LogP contribution in [0, 0.1) is 0 Å². The second-order valence-electron chi connectivity index (χ2n) is 7.28. The number of amides is 2. The summed E-state index contributed by atoms with van der Waals surface area (Å²) in [7, 11) is 0. The van der Waals surface area contributed by atoms with Crippen LogP contribution >= 0.6 is 11.3 Å². The summed E-state index contributed by atoms with van der Waals surface area (Å²) in [5.74, 6) is 0.338. The molecule has 166 valence electrons. The van der Waals surface area contributed by atoms with E-state index in [4.69, 9.17) is 4.74 Å². The Hall–Kier alpha value is -3.73. The highest BCUT2D eigenvalue weighted by molar-refractivity contribution is 7.14. The SMILES string of the molecule is CC(=O)NC1CCOc2ccc(-c3csc(NC(=O)CCn4ccc(=O)[nH]c4=O)n3)cc21. The Morgan fingerprint density at radius 1 is 1.31 bits per heavy atom. The van der Waals surface area contributed by atoms with Crippen LogP contribution in [0.3, 0.4) is 0 Å². The number of rotatable bonds is 6. The van der Waals surface area contributed by atoms with E-state index in [1.54, 1.807) is 0 Å². The molecule has 1 aliphatic rings. The van der Waals surface area contributed by atoms with E-state index in [1.807, 2.05) is 23.6 Å². The molecule has 1 aliphatic heterocycles. The van der Waals surface area contributed by atoms with Crippen molar-refractivity contribution in [1.82, 2.24) is 19.9 Å². The van der Waals surface area contributed by atoms with Gasteiger partial charge in [-0.15, -0.1) is 11.3 Å². The predicted octanol–water partition coefficient (Wildman–Crippen LogP) is 1.65. The van der Waals surface area contributed by atoms with E-state index < -0.39 is 11.2 Å². The number of carbonyl (C=O) groups excluding carboxylic acids is 2. The number of hydrogen-bond acceptors (Lipinski definition) is 7. The fourth-order valence-electron chi connectivity index (χ4n) is 3.44. The number of fused-ring (bicyclic) bond motifs is 1. The van der Waals surface area contributed by atoms with Crippen LogP contribution in [-0.4, -0.2) is 33.0 Å². The van der Waals surface area contributed by atoms with Crippen molar-refractivity contribution >= 4 is 28.3 Å². The number of nitrogens with one attached hydrogen (secondary N) is 3. The highest BCUT2D eigenvalue weighted by Gasteiger charge is 2.23. The third-order valence-corrected chi connectivity index (χ3v) is 5.71. The average molecular weight is 455 g/mol. The number of aryl methyl sites for hydroxylation is 1. The molecule has 0 saturated heterocycles. The van der Waals surface area contributed by atoms with E-state index in [0.29, 0.717) is 23.9 Å². The lowest BCUT2D eigenvalue weighted by Crippen LogP contribution is -2.30. The van der Waals surface area contributed by atoms with E-state index in [1.165, 1.54) is 35.1 Å². The summed E-state index contributed by atoms with van der Waals surface area (Å²) in [4.78, 5) is 53.2. The molecule has 10 nitrogen and oxygen atoms in total. The summed E-state index contributed by atoms with van der Waals surface area (Å²) in [6, 6.07) is 6.80. The molecule has 0 aliphatic carbocycles. The standard InChI is InChI=1S/C21H21N5O5S/c1-12(27)22-15-6-9-31-17-3-2-13(10-14(15)17)16-11-32-20(23-16)24-18(28)4-7-26-8-5-19(29)25-21(26)30/h2-3,5,8,10-11,15H,4,6-7,9H2,1H3,(H,22,27)(H,23,24,28)(H,25,29,30). The Balaban J connectivity index is 1.43. The zero-order chi connectivity index (χ0) is 22.7. The van der Waals surface area contributed by atoms with Crippen LogP contribution in [0.1, 0.15) is 31.4 Å². The molecule has 3 N–H and O–H groups in total. The van der Waals surface area contributed by atoms with Gasteiger partial charge in [0.25, 0.3) is 5.56 Å². The smallest absolute Gasteiger partial charge is 0.328 e. The monoisotopic (exact) mass is 455 g/mol. The van der Waals surface area contributed by atoms with Crippen molar-refractivity contribution in [3.8, 4) is 17.0 Å². The van der Waals surface area contributed by atoms with Crippen molar-refractivity contribution in [3.63, 3.8) is 0 Å². The van der Waals surface area contributed by atoms with Gasteiger partial charge in [0.2, 0.25) is 11.8 Å². The molecule has 2 aromatic heterocycles. The van der Waals surface area contributed by atoms with Crippen LogP contribution in [0.25, 0.3) is 11.3 Å². The van der Waals surface area contributed by atoms with Crippen LogP contribution in [0.2, 0.25) is 0 Å². The first-order valence-electron chi connectivity index (χ1n) is 9.98. The predicted molar refractivity (Wildman–Crippen MR) is 119 cm³/mol. The molecule has 1 atom stereocenters. The number of thiazole rings is 1. The van der Waals surface area contributed by atoms with Gasteiger partial charge in [0.05, 0.1) is 18.3 Å². The summed E-state index contributed by atoms with van der Waals surface area (Å²) in [5.41, 5.74) is 1.39. The Kier molecular flexibility index (Phi) is 6.17. The van der Waals surface area contributed by atoms with Gasteiger partial charge in [0.15, 0.2) is 5.13 Å². The molecule has 3 aromatic rings. The maximum atomic E-state index is 12.3. The van der Waals surface area contributed by atoms with Gasteiger partial charge in [-0.1, -0.05) is 0 Å². The zero-order valence-corrected chi connectivity index (χ0v) is 18.0. The Morgan fingerprint density at radius 2 is 2.16 bits per heavy atom. The number of aromatic amines is 1. The van der Waals surface area contributed by atoms with Crippen molar-refractivity contribution in [2.45, 2.75) is 32.4 Å². The minimum absolute atomic E-state index is 0.0510. The van der Waals surface area contributed by atoms with E-state index in [9.17, 15) is 19.2 Å². The minimum Gasteiger partial charge on any atom is -0.493 e. The van der Waals surface area contributed by atoms with Crippen molar-refractivity contribution in [2.75, 3.05) is 11.9 Å². The Labute approximate surface area is 186 Å². The highest BCUT2D eigenvalue weighted by atomic mass is 32.1. The molecule has 2 amide bonds. The molecule has 0 radical (unpaired) electrons. The maximum absolute atomic E-state index is 12.3. The first-order valence-corrected chi connectivity index (χ1v) is 10.9. The number of benzene rings is 1. The van der Waals surface area contributed by atoms with Crippen molar-refractivity contribution in [2.24, 2.45) is 0 Å². The molecular formula is C21H21N5O5S. The van der Waals surface area contributed by atoms with Gasteiger partial charge in [-0.2, -0.15) is 0 Å². The lowest BCUT2D eigenvalue weighted by atomic mass is 9.97. The quantitative estimate of drug-likeness (QED) is 0.517. The number of H-pyrrole nitrogens is 1. The average Bonchev–Trinajstić information content (AvgIpc) is 3.21. The van der Waals surface area contributed by atoms with E-state index in [2.05, 4.69) is 20.6 Å². The molecule has 11 heteroatoms. The lowest BCUT2D eigenvalue weighted by Gasteiger charge is -2.26. The number of aromatic nitrogens is 3. The number of ether oxygens (including phenoxy) is 1. The van der Waals surface area contributed by atoms with Gasteiger partial charge < -0.3 is 19.9 Å². The molecule has 4 rings (SSSR count). The van der Waals surface area contributed by atoms with E-state index in [0.717, 1.165) is 16.9 Å². The molecule has 0 spiro atoms. The van der Waals surface area contributed by atoms with Crippen molar-refractivity contribution in [3.05, 3.63) is 62.2 Å². The second-order valence-corrected chi connectivity index (χ2v) is 8.14. The van der Waals surface area contributed by atoms with Gasteiger partial charge in [0, 0.05) is 55.1 Å². The maximum Gasteiger partial charge on any atom is 0.328 e. The highest BCUT2D eigenvalue weighted by Crippen LogP contribution is 2.36. The van der Waals surface area contributed by atoms with Gasteiger partial charge in [-0.05, 0) is 18.2 Å². The first-order chi connectivity index (χ1) is 15.4. The van der Waals surface area contributed by atoms with Gasteiger partial charge in [-0.25, -0.2) is 9.78 Å². The third-order valence-electron chi connectivity index (χ3n) is 4.95. The molecule has 1 aromatic carbocycles. The Morgan fingerprint density at radius 3 is 2.94 bits per heavy atom. The first kappa shape index (κ1) is 21.5. The molecule has 0 bridgehead atoms. The normalized spacial score (nSPS) is 14.8. The molecule has 1 unspecified atom stereocenters. The molecule has 0 fully saturated rings. The third kappa shape index (κ3) is 4.94. The molecular weight excluding hydrogens is 434 g/mol. The minimum atomic E-state index is -0.559. The van der Waals surface area contributed by atoms with Gasteiger partial charge in [-0.3, -0.25) is 19.4 Å². The molecule has 3 heterocycles. The zero-order valence-electron chi connectivity index (χ0n) is 17.2. The Bertz CT molecular complexity index is 1280. The second kappa shape index (κ2) is 9.18. The number of carbonyl (C=O) groups is 2. The summed E-state index contributed by atoms with van der Waals surface area (Å²) in [6.45, 7) is 2.16. The van der Waals surface area contributed by atoms with Crippen LogP contribution < -0.4 is 26.6 Å². The lowest BCUT2D eigenvalue weighted by molar-refractivity contribution is -0.120. The summed E-state index contributed by atoms with van der Waals surface area (Å²) in [6.07, 6.45) is 2.09. The van der Waals surface area contributed by atoms with E-state index >= 15 is 0 Å². The number of hydrogen-bond donors (Lipinski definition) is 3. The fraction of sp³-hybridized carbons (Fsp3) is 0.286. The number of nitrogens with zero attached hydrogens (tertiary/aromatic N) is 2. The van der Waals surface area contributed by atoms with Crippen molar-refractivity contribution in [1.29, 1.82) is 0 Å². The van der Waals surface area contributed by atoms with Crippen LogP contribution in [0.15, 0.2) is 45.4 Å².